The molecule has 0 saturated heterocycles. The van der Waals surface area contributed by atoms with E-state index < -0.39 is 0 Å². The predicted octanol–water partition coefficient (Wildman–Crippen LogP) is 5.47. The Hall–Kier alpha value is -2.54. The van der Waals surface area contributed by atoms with Crippen LogP contribution in [0.15, 0.2) is 73.1 Å². The van der Waals surface area contributed by atoms with Crippen LogP contribution in [0.4, 0.5) is 5.82 Å². The van der Waals surface area contributed by atoms with Crippen molar-refractivity contribution in [3.63, 3.8) is 0 Å². The highest BCUT2D eigenvalue weighted by molar-refractivity contribution is 14.1. The number of benzene rings is 2. The number of fused-ring (bicyclic) bond motifs is 1. The summed E-state index contributed by atoms with van der Waals surface area (Å²) in [6, 6.07) is 20.6. The van der Waals surface area contributed by atoms with E-state index in [0.717, 1.165) is 25.9 Å². The Balaban J connectivity index is 1.82. The molecule has 1 atom stereocenters. The van der Waals surface area contributed by atoms with Crippen molar-refractivity contribution in [3.8, 4) is 11.4 Å². The number of nitrogens with zero attached hydrogens (tertiary/aromatic N) is 3. The molecule has 0 saturated carbocycles. The van der Waals surface area contributed by atoms with E-state index in [1.54, 1.807) is 12.4 Å². The monoisotopic (exact) mass is 452 g/mol. The first kappa shape index (κ1) is 16.9. The molecular formula is C21H17IN4. The van der Waals surface area contributed by atoms with Crippen LogP contribution in [-0.4, -0.2) is 15.0 Å². The lowest BCUT2D eigenvalue weighted by atomic mass is 10.1. The maximum atomic E-state index is 4.81. The molecule has 4 aromatic rings. The highest BCUT2D eigenvalue weighted by Crippen LogP contribution is 2.28. The topological polar surface area (TPSA) is 50.7 Å². The normalized spacial score (nSPS) is 12.1. The van der Waals surface area contributed by atoms with Crippen molar-refractivity contribution >= 4 is 39.3 Å². The lowest BCUT2D eigenvalue weighted by Crippen LogP contribution is -2.09. The Morgan fingerprint density at radius 2 is 1.81 bits per heavy atom. The Morgan fingerprint density at radius 3 is 2.58 bits per heavy atom. The summed E-state index contributed by atoms with van der Waals surface area (Å²) in [7, 11) is 0. The molecule has 0 amide bonds. The van der Waals surface area contributed by atoms with Crippen LogP contribution in [0, 0.1) is 3.57 Å². The minimum atomic E-state index is 0.133. The third kappa shape index (κ3) is 3.53. The molecular weight excluding hydrogens is 435 g/mol. The summed E-state index contributed by atoms with van der Waals surface area (Å²) in [4.78, 5) is 13.7. The predicted molar refractivity (Wildman–Crippen MR) is 114 cm³/mol. The fourth-order valence-corrected chi connectivity index (χ4v) is 3.36. The van der Waals surface area contributed by atoms with Gasteiger partial charge in [-0.3, -0.25) is 4.98 Å². The molecule has 5 heteroatoms. The lowest BCUT2D eigenvalue weighted by Gasteiger charge is -2.17. The number of halogens is 1. The van der Waals surface area contributed by atoms with Crippen LogP contribution >= 0.6 is 22.6 Å². The van der Waals surface area contributed by atoms with Gasteiger partial charge in [-0.15, -0.1) is 0 Å². The summed E-state index contributed by atoms with van der Waals surface area (Å²) in [6.45, 7) is 2.14. The molecule has 4 rings (SSSR count). The second-order valence-corrected chi connectivity index (χ2v) is 7.32. The Kier molecular flexibility index (Phi) is 4.79. The summed E-state index contributed by atoms with van der Waals surface area (Å²) < 4.78 is 1.16. The fraction of sp³-hybridized carbons (Fsp3) is 0.0952. The molecule has 0 spiro atoms. The largest absolute Gasteiger partial charge is 0.363 e. The van der Waals surface area contributed by atoms with Crippen LogP contribution in [0.3, 0.4) is 0 Å². The molecule has 2 aromatic carbocycles. The number of aromatic nitrogens is 3. The van der Waals surface area contributed by atoms with Crippen LogP contribution < -0.4 is 5.32 Å². The van der Waals surface area contributed by atoms with Crippen molar-refractivity contribution in [1.29, 1.82) is 0 Å². The SMILES string of the molecule is CC(Nc1nc(-c2cccnc2)nc2ccc(I)cc12)c1ccccc1. The molecule has 1 N–H and O–H groups in total. The second-order valence-electron chi connectivity index (χ2n) is 6.08. The average molecular weight is 452 g/mol. The van der Waals surface area contributed by atoms with Crippen LogP contribution in [0.25, 0.3) is 22.3 Å². The molecule has 2 aromatic heterocycles. The molecule has 2 heterocycles. The Bertz CT molecular complexity index is 1040. The first-order valence-corrected chi connectivity index (χ1v) is 9.48. The van der Waals surface area contributed by atoms with Gasteiger partial charge in [-0.25, -0.2) is 9.97 Å². The van der Waals surface area contributed by atoms with Gasteiger partial charge in [-0.05, 0) is 65.4 Å². The number of rotatable bonds is 4. The summed E-state index contributed by atoms with van der Waals surface area (Å²) in [5, 5.41) is 4.58. The van der Waals surface area contributed by atoms with E-state index in [2.05, 4.69) is 76.2 Å². The quantitative estimate of drug-likeness (QED) is 0.418. The molecule has 0 aliphatic carbocycles. The first-order valence-electron chi connectivity index (χ1n) is 8.40. The van der Waals surface area contributed by atoms with E-state index in [1.165, 1.54) is 5.56 Å². The van der Waals surface area contributed by atoms with Crippen LogP contribution in [0.1, 0.15) is 18.5 Å². The van der Waals surface area contributed by atoms with E-state index >= 15 is 0 Å². The highest BCUT2D eigenvalue weighted by Gasteiger charge is 2.13. The Labute approximate surface area is 165 Å². The zero-order valence-electron chi connectivity index (χ0n) is 14.2. The van der Waals surface area contributed by atoms with E-state index in [9.17, 15) is 0 Å². The molecule has 128 valence electrons. The number of pyridine rings is 1. The molecule has 0 fully saturated rings. The molecule has 0 aliphatic rings. The lowest BCUT2D eigenvalue weighted by molar-refractivity contribution is 0.876. The Morgan fingerprint density at radius 1 is 0.962 bits per heavy atom. The summed E-state index contributed by atoms with van der Waals surface area (Å²) >= 11 is 2.32. The smallest absolute Gasteiger partial charge is 0.163 e. The van der Waals surface area contributed by atoms with Crippen molar-refractivity contribution in [2.24, 2.45) is 0 Å². The average Bonchev–Trinajstić information content (AvgIpc) is 2.69. The van der Waals surface area contributed by atoms with Gasteiger partial charge < -0.3 is 5.32 Å². The summed E-state index contributed by atoms with van der Waals surface area (Å²) in [5.41, 5.74) is 3.04. The maximum absolute atomic E-state index is 4.81. The second kappa shape index (κ2) is 7.37. The zero-order chi connectivity index (χ0) is 17.9. The van der Waals surface area contributed by atoms with Crippen LogP contribution in [0.5, 0.6) is 0 Å². The van der Waals surface area contributed by atoms with E-state index in [1.807, 2.05) is 24.3 Å². The standard InChI is InChI=1S/C21H17IN4/c1-14(15-6-3-2-4-7-15)24-21-18-12-17(22)9-10-19(18)25-20(26-21)16-8-5-11-23-13-16/h2-14H,1H3,(H,24,25,26). The van der Waals surface area contributed by atoms with E-state index in [0.29, 0.717) is 5.82 Å². The van der Waals surface area contributed by atoms with Crippen molar-refractivity contribution in [2.45, 2.75) is 13.0 Å². The maximum Gasteiger partial charge on any atom is 0.163 e. The van der Waals surface area contributed by atoms with Gasteiger partial charge in [0.1, 0.15) is 5.82 Å². The van der Waals surface area contributed by atoms with E-state index in [-0.39, 0.29) is 6.04 Å². The zero-order valence-corrected chi connectivity index (χ0v) is 16.4. The molecule has 0 bridgehead atoms. The number of anilines is 1. The molecule has 26 heavy (non-hydrogen) atoms. The fourth-order valence-electron chi connectivity index (χ4n) is 2.86. The molecule has 4 nitrogen and oxygen atoms in total. The van der Waals surface area contributed by atoms with Crippen molar-refractivity contribution in [3.05, 3.63) is 82.2 Å². The minimum absolute atomic E-state index is 0.133. The van der Waals surface area contributed by atoms with Gasteiger partial charge in [0.25, 0.3) is 0 Å². The first-order chi connectivity index (χ1) is 12.7. The van der Waals surface area contributed by atoms with Gasteiger partial charge in [0.05, 0.1) is 5.52 Å². The number of hydrogen-bond donors (Lipinski definition) is 1. The third-order valence-electron chi connectivity index (χ3n) is 4.23. The molecule has 0 radical (unpaired) electrons. The van der Waals surface area contributed by atoms with Gasteiger partial charge in [0.2, 0.25) is 0 Å². The number of nitrogens with one attached hydrogen (secondary N) is 1. The van der Waals surface area contributed by atoms with Crippen LogP contribution in [0.2, 0.25) is 0 Å². The van der Waals surface area contributed by atoms with Crippen molar-refractivity contribution in [2.75, 3.05) is 5.32 Å². The summed E-state index contributed by atoms with van der Waals surface area (Å²) in [5.74, 6) is 1.51. The number of hydrogen-bond acceptors (Lipinski definition) is 4. The molecule has 1 unspecified atom stereocenters. The van der Waals surface area contributed by atoms with Gasteiger partial charge in [-0.2, -0.15) is 0 Å². The van der Waals surface area contributed by atoms with Crippen molar-refractivity contribution < 1.29 is 0 Å². The van der Waals surface area contributed by atoms with Gasteiger partial charge in [-0.1, -0.05) is 30.3 Å². The van der Waals surface area contributed by atoms with Crippen molar-refractivity contribution in [1.82, 2.24) is 15.0 Å². The highest BCUT2D eigenvalue weighted by atomic mass is 127. The van der Waals surface area contributed by atoms with Gasteiger partial charge in [0, 0.05) is 33.0 Å². The third-order valence-corrected chi connectivity index (χ3v) is 4.90. The van der Waals surface area contributed by atoms with Gasteiger partial charge >= 0.3 is 0 Å². The van der Waals surface area contributed by atoms with Crippen LogP contribution in [-0.2, 0) is 0 Å². The van der Waals surface area contributed by atoms with E-state index in [4.69, 9.17) is 9.97 Å². The van der Waals surface area contributed by atoms with Gasteiger partial charge in [0.15, 0.2) is 5.82 Å². The summed E-state index contributed by atoms with van der Waals surface area (Å²) in [6.07, 6.45) is 3.54. The molecule has 0 aliphatic heterocycles. The minimum Gasteiger partial charge on any atom is -0.363 e.